The molecule has 1 atom stereocenters. The van der Waals surface area contributed by atoms with Gasteiger partial charge in [-0.25, -0.2) is 0 Å². The Morgan fingerprint density at radius 1 is 0.338 bits per heavy atom. The van der Waals surface area contributed by atoms with E-state index < -0.39 is 6.10 Å². The molecule has 0 aliphatic carbocycles. The number of hydrogen-bond donors (Lipinski definition) is 0. The van der Waals surface area contributed by atoms with Crippen LogP contribution in [0.1, 0.15) is 265 Å². The number of esters is 3. The molecule has 0 aromatic carbocycles. The van der Waals surface area contributed by atoms with Crippen LogP contribution in [0.25, 0.3) is 0 Å². The summed E-state index contributed by atoms with van der Waals surface area (Å²) in [6.45, 7) is 6.47. The molecular weight excluding hydrogens is 805 g/mol. The Bertz CT molecular complexity index is 1230. The van der Waals surface area contributed by atoms with Gasteiger partial charge in [0.2, 0.25) is 0 Å². The lowest BCUT2D eigenvalue weighted by molar-refractivity contribution is -0.167. The molecule has 6 heteroatoms. The summed E-state index contributed by atoms with van der Waals surface area (Å²) in [4.78, 5) is 38.1. The minimum absolute atomic E-state index is 0.0908. The van der Waals surface area contributed by atoms with Crippen LogP contribution in [-0.4, -0.2) is 37.2 Å². The second-order valence-corrected chi connectivity index (χ2v) is 18.1. The maximum atomic E-state index is 12.8. The van der Waals surface area contributed by atoms with Crippen molar-refractivity contribution in [3.05, 3.63) is 72.9 Å². The highest BCUT2D eigenvalue weighted by atomic mass is 16.6. The van der Waals surface area contributed by atoms with Gasteiger partial charge in [0.05, 0.1) is 0 Å². The standard InChI is InChI=1S/C59H102O6/c1-4-7-10-13-16-19-22-25-28-29-30-31-32-35-37-40-43-46-49-52-58(61)64-55-56(65-59(62)53-50-47-44-41-38-34-27-24-21-18-15-12-9-6-3)54-63-57(60)51-48-45-42-39-36-33-26-23-20-17-14-11-8-5-2/h9,12,16,18-19,21-22,25,27,33-34,36,56H,4-8,10-11,13-15,17,20,23-24,26,28-32,35,37-55H2,1-3H3/b12-9-,19-16-,21-18-,25-22-,34-27-,36-33-. The number of allylic oxidation sites excluding steroid dienone is 12. The van der Waals surface area contributed by atoms with Gasteiger partial charge in [0.1, 0.15) is 13.2 Å². The number of carbonyl (C=O) groups is 3. The van der Waals surface area contributed by atoms with Crippen molar-refractivity contribution in [3.8, 4) is 0 Å². The molecule has 6 nitrogen and oxygen atoms in total. The molecule has 0 aliphatic heterocycles. The van der Waals surface area contributed by atoms with E-state index in [9.17, 15) is 14.4 Å². The van der Waals surface area contributed by atoms with Crippen molar-refractivity contribution < 1.29 is 28.6 Å². The maximum absolute atomic E-state index is 12.8. The van der Waals surface area contributed by atoms with E-state index in [-0.39, 0.29) is 31.1 Å². The lowest BCUT2D eigenvalue weighted by atomic mass is 10.1. The fourth-order valence-corrected chi connectivity index (χ4v) is 7.56. The molecule has 374 valence electrons. The van der Waals surface area contributed by atoms with Gasteiger partial charge in [-0.1, -0.05) is 216 Å². The monoisotopic (exact) mass is 907 g/mol. The van der Waals surface area contributed by atoms with Crippen LogP contribution in [0.15, 0.2) is 72.9 Å². The lowest BCUT2D eigenvalue weighted by Crippen LogP contribution is -2.30. The predicted octanol–water partition coefficient (Wildman–Crippen LogP) is 18.2. The third kappa shape index (κ3) is 51.7. The predicted molar refractivity (Wildman–Crippen MR) is 279 cm³/mol. The molecule has 0 aliphatic rings. The number of carbonyl (C=O) groups excluding carboxylic acids is 3. The zero-order chi connectivity index (χ0) is 47.2. The molecule has 0 amide bonds. The molecule has 0 bridgehead atoms. The van der Waals surface area contributed by atoms with Crippen LogP contribution in [-0.2, 0) is 28.6 Å². The Labute approximate surface area is 402 Å². The summed E-state index contributed by atoms with van der Waals surface area (Å²) in [6.07, 6.45) is 67.4. The molecule has 0 rings (SSSR count). The zero-order valence-electron chi connectivity index (χ0n) is 42.7. The number of ether oxygens (including phenoxy) is 3. The highest BCUT2D eigenvalue weighted by Crippen LogP contribution is 2.15. The fourth-order valence-electron chi connectivity index (χ4n) is 7.56. The number of rotatable bonds is 49. The average molecular weight is 907 g/mol. The number of unbranched alkanes of at least 4 members (excludes halogenated alkanes) is 27. The smallest absolute Gasteiger partial charge is 0.306 e. The van der Waals surface area contributed by atoms with Crippen LogP contribution in [0.5, 0.6) is 0 Å². The largest absolute Gasteiger partial charge is 0.462 e. The third-order valence-corrected chi connectivity index (χ3v) is 11.7. The van der Waals surface area contributed by atoms with Gasteiger partial charge in [0.25, 0.3) is 0 Å². The summed E-state index contributed by atoms with van der Waals surface area (Å²) in [7, 11) is 0. The molecule has 1 unspecified atom stereocenters. The molecule has 0 radical (unpaired) electrons. The van der Waals surface area contributed by atoms with Crippen LogP contribution in [0, 0.1) is 0 Å². The van der Waals surface area contributed by atoms with E-state index in [1.807, 2.05) is 0 Å². The molecule has 0 aromatic heterocycles. The summed E-state index contributed by atoms with van der Waals surface area (Å²) >= 11 is 0. The van der Waals surface area contributed by atoms with Crippen LogP contribution < -0.4 is 0 Å². The maximum Gasteiger partial charge on any atom is 0.306 e. The molecule has 0 N–H and O–H groups in total. The van der Waals surface area contributed by atoms with Gasteiger partial charge in [-0.2, -0.15) is 0 Å². The Kier molecular flexibility index (Phi) is 50.9. The van der Waals surface area contributed by atoms with E-state index in [2.05, 4.69) is 93.7 Å². The molecule has 0 fully saturated rings. The molecule has 0 spiro atoms. The summed E-state index contributed by atoms with van der Waals surface area (Å²) in [5.74, 6) is -0.928. The van der Waals surface area contributed by atoms with E-state index in [1.54, 1.807) is 0 Å². The summed E-state index contributed by atoms with van der Waals surface area (Å²) in [6, 6.07) is 0. The van der Waals surface area contributed by atoms with Crippen LogP contribution in [0.2, 0.25) is 0 Å². The zero-order valence-corrected chi connectivity index (χ0v) is 42.7. The Morgan fingerprint density at radius 3 is 1.09 bits per heavy atom. The number of hydrogen-bond acceptors (Lipinski definition) is 6. The van der Waals surface area contributed by atoms with E-state index in [0.29, 0.717) is 19.3 Å². The van der Waals surface area contributed by atoms with Crippen molar-refractivity contribution in [1.29, 1.82) is 0 Å². The quantitative estimate of drug-likeness (QED) is 0.0199. The first-order chi connectivity index (χ1) is 32.0. The van der Waals surface area contributed by atoms with Gasteiger partial charge >= 0.3 is 17.9 Å². The van der Waals surface area contributed by atoms with E-state index in [0.717, 1.165) is 103 Å². The van der Waals surface area contributed by atoms with Crippen molar-refractivity contribution in [2.45, 2.75) is 271 Å². The van der Waals surface area contributed by atoms with Gasteiger partial charge in [-0.15, -0.1) is 0 Å². The third-order valence-electron chi connectivity index (χ3n) is 11.7. The Morgan fingerprint density at radius 2 is 0.646 bits per heavy atom. The Balaban J connectivity index is 4.40. The van der Waals surface area contributed by atoms with Gasteiger partial charge in [-0.3, -0.25) is 14.4 Å². The summed E-state index contributed by atoms with van der Waals surface area (Å²) in [5, 5.41) is 0. The van der Waals surface area contributed by atoms with Gasteiger partial charge < -0.3 is 14.2 Å². The van der Waals surface area contributed by atoms with Gasteiger partial charge in [-0.05, 0) is 103 Å². The van der Waals surface area contributed by atoms with Crippen molar-refractivity contribution in [3.63, 3.8) is 0 Å². The van der Waals surface area contributed by atoms with E-state index >= 15 is 0 Å². The minimum Gasteiger partial charge on any atom is -0.462 e. The topological polar surface area (TPSA) is 78.9 Å². The summed E-state index contributed by atoms with van der Waals surface area (Å²) < 4.78 is 16.8. The van der Waals surface area contributed by atoms with Gasteiger partial charge in [0, 0.05) is 19.3 Å². The van der Waals surface area contributed by atoms with Crippen LogP contribution in [0.3, 0.4) is 0 Å². The minimum atomic E-state index is -0.794. The molecule has 0 saturated carbocycles. The Hall–Kier alpha value is -3.15. The molecule has 65 heavy (non-hydrogen) atoms. The summed E-state index contributed by atoms with van der Waals surface area (Å²) in [5.41, 5.74) is 0. The van der Waals surface area contributed by atoms with Crippen molar-refractivity contribution in [2.24, 2.45) is 0 Å². The first kappa shape index (κ1) is 61.9. The SMILES string of the molecule is CC/C=C\C/C=C\C/C=C\CCCCCCC(=O)OC(COC(=O)CCCCC/C=C\CCCCCCCCC)COC(=O)CCCCCCCCCCCC/C=C\C=C/CCCCC. The van der Waals surface area contributed by atoms with Crippen molar-refractivity contribution >= 4 is 17.9 Å². The fraction of sp³-hybridized carbons (Fsp3) is 0.746. The normalized spacial score (nSPS) is 12.6. The second-order valence-electron chi connectivity index (χ2n) is 18.1. The molecular formula is C59H102O6. The highest BCUT2D eigenvalue weighted by molar-refractivity contribution is 5.71. The lowest BCUT2D eigenvalue weighted by Gasteiger charge is -2.18. The molecule has 0 heterocycles. The van der Waals surface area contributed by atoms with E-state index in [1.165, 1.54) is 122 Å². The van der Waals surface area contributed by atoms with Crippen LogP contribution in [0.4, 0.5) is 0 Å². The van der Waals surface area contributed by atoms with Crippen LogP contribution >= 0.6 is 0 Å². The first-order valence-electron chi connectivity index (χ1n) is 27.5. The first-order valence-corrected chi connectivity index (χ1v) is 27.5. The highest BCUT2D eigenvalue weighted by Gasteiger charge is 2.19. The molecule has 0 aromatic rings. The van der Waals surface area contributed by atoms with Crippen molar-refractivity contribution in [1.82, 2.24) is 0 Å². The van der Waals surface area contributed by atoms with Crippen molar-refractivity contribution in [2.75, 3.05) is 13.2 Å². The molecule has 0 saturated heterocycles. The average Bonchev–Trinajstić information content (AvgIpc) is 3.30. The van der Waals surface area contributed by atoms with Gasteiger partial charge in [0.15, 0.2) is 6.10 Å². The second kappa shape index (κ2) is 53.5. The van der Waals surface area contributed by atoms with E-state index in [4.69, 9.17) is 14.2 Å².